The van der Waals surface area contributed by atoms with Crippen molar-refractivity contribution in [1.82, 2.24) is 9.80 Å². The molecule has 3 nitrogen and oxygen atoms in total. The molecular weight excluding hydrogens is 308 g/mol. The number of rotatable bonds is 9. The first-order valence-electron chi connectivity index (χ1n) is 10.0. The van der Waals surface area contributed by atoms with Crippen LogP contribution in [0.15, 0.2) is 24.3 Å². The molecule has 3 heteroatoms. The topological polar surface area (TPSA) is 15.7 Å². The third-order valence-electron chi connectivity index (χ3n) is 5.00. The van der Waals surface area contributed by atoms with Crippen molar-refractivity contribution in [2.24, 2.45) is 5.92 Å². The van der Waals surface area contributed by atoms with Crippen LogP contribution in [0.25, 0.3) is 0 Å². The second kappa shape index (κ2) is 9.70. The first-order valence-corrected chi connectivity index (χ1v) is 10.0. The molecule has 0 spiro atoms. The zero-order valence-corrected chi connectivity index (χ0v) is 17.1. The van der Waals surface area contributed by atoms with Crippen molar-refractivity contribution in [3.8, 4) is 0 Å². The van der Waals surface area contributed by atoms with Gasteiger partial charge in [0.2, 0.25) is 0 Å². The van der Waals surface area contributed by atoms with Crippen LogP contribution in [0, 0.1) is 5.92 Å². The molecule has 0 amide bonds. The minimum atomic E-state index is -0.0247. The molecular formula is C22H38N2O. The lowest BCUT2D eigenvalue weighted by Gasteiger charge is -2.35. The normalized spacial score (nSPS) is 17.4. The molecule has 1 aliphatic heterocycles. The quantitative estimate of drug-likeness (QED) is 0.652. The maximum atomic E-state index is 6.07. The number of ether oxygens (including phenoxy) is 1. The van der Waals surface area contributed by atoms with E-state index < -0.39 is 0 Å². The van der Waals surface area contributed by atoms with Gasteiger partial charge in [0.1, 0.15) is 0 Å². The molecule has 0 atom stereocenters. The summed E-state index contributed by atoms with van der Waals surface area (Å²) in [6.45, 7) is 19.0. The van der Waals surface area contributed by atoms with E-state index in [2.05, 4.69) is 68.7 Å². The lowest BCUT2D eigenvalue weighted by Crippen LogP contribution is -2.46. The van der Waals surface area contributed by atoms with Crippen molar-refractivity contribution in [3.05, 3.63) is 35.4 Å². The summed E-state index contributed by atoms with van der Waals surface area (Å²) in [5.41, 5.74) is 2.66. The number of hydrogen-bond donors (Lipinski definition) is 0. The zero-order valence-electron chi connectivity index (χ0n) is 17.1. The van der Waals surface area contributed by atoms with E-state index in [-0.39, 0.29) is 5.60 Å². The summed E-state index contributed by atoms with van der Waals surface area (Å²) in [5.74, 6) is 0.767. The molecule has 0 aromatic heterocycles. The van der Waals surface area contributed by atoms with Gasteiger partial charge in [0.15, 0.2) is 0 Å². The molecule has 1 aromatic carbocycles. The molecule has 2 rings (SSSR count). The Morgan fingerprint density at radius 3 is 2.08 bits per heavy atom. The maximum Gasteiger partial charge on any atom is 0.0724 e. The van der Waals surface area contributed by atoms with Gasteiger partial charge in [-0.15, -0.1) is 0 Å². The first kappa shape index (κ1) is 20.4. The van der Waals surface area contributed by atoms with Gasteiger partial charge in [0.25, 0.3) is 0 Å². The molecule has 0 aliphatic carbocycles. The Morgan fingerprint density at radius 1 is 0.960 bits per heavy atom. The van der Waals surface area contributed by atoms with Crippen molar-refractivity contribution >= 4 is 0 Å². The summed E-state index contributed by atoms with van der Waals surface area (Å²) in [6, 6.07) is 9.00. The summed E-state index contributed by atoms with van der Waals surface area (Å²) < 4.78 is 6.07. The summed E-state index contributed by atoms with van der Waals surface area (Å²) in [6.07, 6.45) is 2.27. The minimum absolute atomic E-state index is 0.0247. The summed E-state index contributed by atoms with van der Waals surface area (Å²) >= 11 is 0. The van der Waals surface area contributed by atoms with E-state index in [4.69, 9.17) is 4.74 Å². The molecule has 0 bridgehead atoms. The molecule has 1 aromatic rings. The van der Waals surface area contributed by atoms with Crippen LogP contribution in [0.1, 0.15) is 58.6 Å². The van der Waals surface area contributed by atoms with Crippen LogP contribution in [0.5, 0.6) is 0 Å². The molecule has 0 radical (unpaired) electrons. The second-order valence-electron chi connectivity index (χ2n) is 8.59. The standard InChI is InChI=1S/C22H38N2O/c1-6-11-22(4,5)25-18-21-9-7-20(8-10-21)17-24-14-12-23(13-15-24)16-19(2)3/h7-10,19H,6,11-18H2,1-5H3. The fourth-order valence-corrected chi connectivity index (χ4v) is 3.60. The molecule has 1 heterocycles. The van der Waals surface area contributed by atoms with Gasteiger partial charge < -0.3 is 9.64 Å². The highest BCUT2D eigenvalue weighted by atomic mass is 16.5. The molecule has 0 saturated carbocycles. The van der Waals surface area contributed by atoms with Gasteiger partial charge in [-0.2, -0.15) is 0 Å². The Labute approximate surface area is 155 Å². The average Bonchev–Trinajstić information content (AvgIpc) is 2.56. The van der Waals surface area contributed by atoms with Crippen molar-refractivity contribution in [2.75, 3.05) is 32.7 Å². The highest BCUT2D eigenvalue weighted by Crippen LogP contribution is 2.19. The van der Waals surface area contributed by atoms with Crippen LogP contribution >= 0.6 is 0 Å². The molecule has 1 aliphatic rings. The van der Waals surface area contributed by atoms with E-state index in [1.165, 1.54) is 43.9 Å². The van der Waals surface area contributed by atoms with Crippen molar-refractivity contribution in [2.45, 2.75) is 66.2 Å². The molecule has 142 valence electrons. The largest absolute Gasteiger partial charge is 0.371 e. The van der Waals surface area contributed by atoms with Crippen LogP contribution in [0.2, 0.25) is 0 Å². The Kier molecular flexibility index (Phi) is 7.92. The van der Waals surface area contributed by atoms with E-state index in [1.807, 2.05) is 0 Å². The maximum absolute atomic E-state index is 6.07. The third-order valence-corrected chi connectivity index (χ3v) is 5.00. The Morgan fingerprint density at radius 2 is 1.52 bits per heavy atom. The fourth-order valence-electron chi connectivity index (χ4n) is 3.60. The molecule has 1 saturated heterocycles. The van der Waals surface area contributed by atoms with Crippen LogP contribution in [-0.2, 0) is 17.9 Å². The SMILES string of the molecule is CCCC(C)(C)OCc1ccc(CN2CCN(CC(C)C)CC2)cc1. The molecule has 1 fully saturated rings. The van der Waals surface area contributed by atoms with E-state index in [1.54, 1.807) is 0 Å². The highest BCUT2D eigenvalue weighted by molar-refractivity contribution is 5.22. The van der Waals surface area contributed by atoms with Gasteiger partial charge in [-0.05, 0) is 37.3 Å². The minimum Gasteiger partial charge on any atom is -0.371 e. The number of nitrogens with zero attached hydrogens (tertiary/aromatic N) is 2. The molecule has 25 heavy (non-hydrogen) atoms. The first-order chi connectivity index (χ1) is 11.9. The Bertz CT molecular complexity index is 487. The van der Waals surface area contributed by atoms with Crippen LogP contribution < -0.4 is 0 Å². The smallest absolute Gasteiger partial charge is 0.0724 e. The van der Waals surface area contributed by atoms with E-state index in [9.17, 15) is 0 Å². The summed E-state index contributed by atoms with van der Waals surface area (Å²) in [4.78, 5) is 5.17. The van der Waals surface area contributed by atoms with Crippen molar-refractivity contribution in [3.63, 3.8) is 0 Å². The number of benzene rings is 1. The molecule has 0 N–H and O–H groups in total. The number of piperazine rings is 1. The Balaban J connectivity index is 1.75. The lowest BCUT2D eigenvalue weighted by molar-refractivity contribution is -0.0353. The summed E-state index contributed by atoms with van der Waals surface area (Å²) in [5, 5.41) is 0. The summed E-state index contributed by atoms with van der Waals surface area (Å²) in [7, 11) is 0. The van der Waals surface area contributed by atoms with E-state index in [0.29, 0.717) is 6.61 Å². The average molecular weight is 347 g/mol. The van der Waals surface area contributed by atoms with Gasteiger partial charge in [0, 0.05) is 39.3 Å². The predicted molar refractivity (Wildman–Crippen MR) is 107 cm³/mol. The van der Waals surface area contributed by atoms with Gasteiger partial charge in [-0.25, -0.2) is 0 Å². The zero-order chi connectivity index (χ0) is 18.3. The molecule has 0 unspecified atom stereocenters. The van der Waals surface area contributed by atoms with E-state index >= 15 is 0 Å². The third kappa shape index (κ3) is 7.47. The van der Waals surface area contributed by atoms with Crippen molar-refractivity contribution < 1.29 is 4.74 Å². The Hall–Kier alpha value is -0.900. The second-order valence-corrected chi connectivity index (χ2v) is 8.59. The van der Waals surface area contributed by atoms with Crippen LogP contribution in [0.4, 0.5) is 0 Å². The van der Waals surface area contributed by atoms with Crippen LogP contribution in [0.3, 0.4) is 0 Å². The highest BCUT2D eigenvalue weighted by Gasteiger charge is 2.18. The van der Waals surface area contributed by atoms with Crippen molar-refractivity contribution in [1.29, 1.82) is 0 Å². The van der Waals surface area contributed by atoms with Crippen LogP contribution in [-0.4, -0.2) is 48.1 Å². The van der Waals surface area contributed by atoms with Gasteiger partial charge in [-0.1, -0.05) is 51.5 Å². The fraction of sp³-hybridized carbons (Fsp3) is 0.727. The monoisotopic (exact) mass is 346 g/mol. The predicted octanol–water partition coefficient (Wildman–Crippen LogP) is 4.56. The van der Waals surface area contributed by atoms with Gasteiger partial charge in [0.05, 0.1) is 12.2 Å². The van der Waals surface area contributed by atoms with Gasteiger partial charge >= 0.3 is 0 Å². The number of hydrogen-bond acceptors (Lipinski definition) is 3. The lowest BCUT2D eigenvalue weighted by atomic mass is 10.0. The van der Waals surface area contributed by atoms with Gasteiger partial charge in [-0.3, -0.25) is 4.90 Å². The van der Waals surface area contributed by atoms with E-state index in [0.717, 1.165) is 25.3 Å².